The molecule has 3 heteroatoms. The van der Waals surface area contributed by atoms with Crippen molar-refractivity contribution in [1.82, 2.24) is 0 Å². The van der Waals surface area contributed by atoms with Crippen molar-refractivity contribution in [3.8, 4) is 0 Å². The maximum Gasteiger partial charge on any atom is 0.193 e. The second kappa shape index (κ2) is 5.59. The summed E-state index contributed by atoms with van der Waals surface area (Å²) in [6, 6.07) is 7.17. The zero-order valence-electron chi connectivity index (χ0n) is 12.0. The van der Waals surface area contributed by atoms with E-state index in [4.69, 9.17) is 23.2 Å². The number of benzene rings is 2. The Morgan fingerprint density at radius 1 is 0.750 bits per heavy atom. The smallest absolute Gasteiger partial charge is 0.193 e. The van der Waals surface area contributed by atoms with Crippen molar-refractivity contribution in [3.63, 3.8) is 0 Å². The van der Waals surface area contributed by atoms with E-state index in [-0.39, 0.29) is 5.78 Å². The summed E-state index contributed by atoms with van der Waals surface area (Å²) in [5.74, 6) is -0.0556. The molecule has 0 radical (unpaired) electrons. The van der Waals surface area contributed by atoms with Gasteiger partial charge in [-0.3, -0.25) is 4.79 Å². The highest BCUT2D eigenvalue weighted by molar-refractivity contribution is 6.33. The minimum atomic E-state index is -0.0556. The molecule has 0 N–H and O–H groups in total. The van der Waals surface area contributed by atoms with E-state index in [2.05, 4.69) is 0 Å². The van der Waals surface area contributed by atoms with Gasteiger partial charge in [0.15, 0.2) is 5.78 Å². The third-order valence-corrected chi connectivity index (χ3v) is 4.52. The van der Waals surface area contributed by atoms with Gasteiger partial charge in [-0.05, 0) is 74.2 Å². The van der Waals surface area contributed by atoms with Crippen molar-refractivity contribution < 1.29 is 4.79 Å². The molecule has 2 aromatic rings. The average molecular weight is 307 g/mol. The topological polar surface area (TPSA) is 17.1 Å². The highest BCUT2D eigenvalue weighted by Crippen LogP contribution is 2.26. The molecule has 104 valence electrons. The van der Waals surface area contributed by atoms with E-state index in [1.54, 1.807) is 12.1 Å². The lowest BCUT2D eigenvalue weighted by Crippen LogP contribution is -2.04. The van der Waals surface area contributed by atoms with Crippen molar-refractivity contribution in [1.29, 1.82) is 0 Å². The van der Waals surface area contributed by atoms with Crippen LogP contribution in [0.25, 0.3) is 0 Å². The summed E-state index contributed by atoms with van der Waals surface area (Å²) in [7, 11) is 0. The van der Waals surface area contributed by atoms with Crippen LogP contribution in [-0.4, -0.2) is 5.78 Å². The molecule has 2 rings (SSSR count). The van der Waals surface area contributed by atoms with E-state index in [1.807, 2.05) is 39.8 Å². The van der Waals surface area contributed by atoms with Gasteiger partial charge in [0.2, 0.25) is 0 Å². The monoisotopic (exact) mass is 306 g/mol. The predicted octanol–water partition coefficient (Wildman–Crippen LogP) is 5.46. The summed E-state index contributed by atoms with van der Waals surface area (Å²) >= 11 is 12.3. The summed E-state index contributed by atoms with van der Waals surface area (Å²) in [6.45, 7) is 7.79. The predicted molar refractivity (Wildman–Crippen MR) is 85.3 cm³/mol. The summed E-state index contributed by atoms with van der Waals surface area (Å²) < 4.78 is 0. The molecule has 0 aromatic heterocycles. The summed E-state index contributed by atoms with van der Waals surface area (Å²) in [6.07, 6.45) is 0. The Bertz CT molecular complexity index is 597. The lowest BCUT2D eigenvalue weighted by molar-refractivity contribution is 0.103. The van der Waals surface area contributed by atoms with Gasteiger partial charge in [0, 0.05) is 21.2 Å². The third-order valence-electron chi connectivity index (χ3n) is 3.73. The van der Waals surface area contributed by atoms with Gasteiger partial charge in [-0.15, -0.1) is 0 Å². The molecule has 0 unspecified atom stereocenters. The molecule has 20 heavy (non-hydrogen) atoms. The van der Waals surface area contributed by atoms with Crippen molar-refractivity contribution in [3.05, 3.63) is 67.7 Å². The fourth-order valence-corrected chi connectivity index (χ4v) is 2.59. The van der Waals surface area contributed by atoms with E-state index in [0.717, 1.165) is 22.3 Å². The van der Waals surface area contributed by atoms with Gasteiger partial charge in [0.25, 0.3) is 0 Å². The van der Waals surface area contributed by atoms with E-state index in [1.165, 1.54) is 0 Å². The molecule has 0 aliphatic heterocycles. The minimum absolute atomic E-state index is 0.0556. The molecule has 2 aromatic carbocycles. The number of hydrogen-bond donors (Lipinski definition) is 0. The second-order valence-electron chi connectivity index (χ2n) is 5.13. The quantitative estimate of drug-likeness (QED) is 0.673. The molecular weight excluding hydrogens is 291 g/mol. The number of aryl methyl sites for hydroxylation is 2. The van der Waals surface area contributed by atoms with Crippen LogP contribution >= 0.6 is 23.2 Å². The highest BCUT2D eigenvalue weighted by Gasteiger charge is 2.14. The summed E-state index contributed by atoms with van der Waals surface area (Å²) in [5, 5.41) is 1.23. The van der Waals surface area contributed by atoms with Crippen LogP contribution in [0.3, 0.4) is 0 Å². The Morgan fingerprint density at radius 2 is 1.10 bits per heavy atom. The fourth-order valence-electron chi connectivity index (χ4n) is 2.06. The molecular formula is C17H16Cl2O. The number of halogens is 2. The van der Waals surface area contributed by atoms with Gasteiger partial charge < -0.3 is 0 Å². The number of hydrogen-bond acceptors (Lipinski definition) is 1. The first-order valence-electron chi connectivity index (χ1n) is 6.39. The van der Waals surface area contributed by atoms with Crippen LogP contribution in [0.2, 0.25) is 10.0 Å². The second-order valence-corrected chi connectivity index (χ2v) is 5.94. The molecule has 0 aliphatic rings. The SMILES string of the molecule is Cc1cc(C(=O)c2cc(C)c(C)c(Cl)c2)cc(Cl)c1C. The van der Waals surface area contributed by atoms with E-state index < -0.39 is 0 Å². The minimum Gasteiger partial charge on any atom is -0.289 e. The highest BCUT2D eigenvalue weighted by atomic mass is 35.5. The molecule has 0 spiro atoms. The van der Waals surface area contributed by atoms with Gasteiger partial charge in [0.1, 0.15) is 0 Å². The first kappa shape index (κ1) is 15.1. The van der Waals surface area contributed by atoms with Crippen LogP contribution in [0.1, 0.15) is 38.2 Å². The Morgan fingerprint density at radius 3 is 1.40 bits per heavy atom. The normalized spacial score (nSPS) is 10.7. The Hall–Kier alpha value is -1.31. The van der Waals surface area contributed by atoms with E-state index >= 15 is 0 Å². The van der Waals surface area contributed by atoms with Gasteiger partial charge in [-0.2, -0.15) is 0 Å². The van der Waals surface area contributed by atoms with Crippen LogP contribution in [0.4, 0.5) is 0 Å². The molecule has 0 bridgehead atoms. The van der Waals surface area contributed by atoms with Crippen LogP contribution in [0.5, 0.6) is 0 Å². The number of rotatable bonds is 2. The summed E-state index contributed by atoms with van der Waals surface area (Å²) in [4.78, 5) is 12.6. The molecule has 0 fully saturated rings. The standard InChI is InChI=1S/C17H16Cl2O/c1-9-5-13(7-15(18)11(9)3)17(20)14-6-10(2)12(4)16(19)8-14/h5-8H,1-4H3. The Balaban J connectivity index is 2.52. The number of ketones is 1. The number of carbonyl (C=O) groups excluding carboxylic acids is 1. The lowest BCUT2D eigenvalue weighted by atomic mass is 9.97. The third kappa shape index (κ3) is 2.74. The molecule has 0 saturated carbocycles. The van der Waals surface area contributed by atoms with Crippen LogP contribution in [-0.2, 0) is 0 Å². The fraction of sp³-hybridized carbons (Fsp3) is 0.235. The van der Waals surface area contributed by atoms with Crippen LogP contribution in [0, 0.1) is 27.7 Å². The average Bonchev–Trinajstić information content (AvgIpc) is 2.40. The van der Waals surface area contributed by atoms with Gasteiger partial charge in [-0.25, -0.2) is 0 Å². The maximum absolute atomic E-state index is 12.6. The number of carbonyl (C=O) groups is 1. The van der Waals surface area contributed by atoms with Crippen molar-refractivity contribution >= 4 is 29.0 Å². The molecule has 0 atom stereocenters. The largest absolute Gasteiger partial charge is 0.289 e. The van der Waals surface area contributed by atoms with E-state index in [0.29, 0.717) is 21.2 Å². The molecule has 1 nitrogen and oxygen atoms in total. The first-order valence-corrected chi connectivity index (χ1v) is 7.15. The molecule has 0 amide bonds. The van der Waals surface area contributed by atoms with Gasteiger partial charge >= 0.3 is 0 Å². The van der Waals surface area contributed by atoms with E-state index in [9.17, 15) is 4.79 Å². The molecule has 0 aliphatic carbocycles. The van der Waals surface area contributed by atoms with Crippen molar-refractivity contribution in [2.24, 2.45) is 0 Å². The van der Waals surface area contributed by atoms with Gasteiger partial charge in [0.05, 0.1) is 0 Å². The van der Waals surface area contributed by atoms with Crippen molar-refractivity contribution in [2.75, 3.05) is 0 Å². The van der Waals surface area contributed by atoms with Crippen molar-refractivity contribution in [2.45, 2.75) is 27.7 Å². The Labute approximate surface area is 129 Å². The lowest BCUT2D eigenvalue weighted by Gasteiger charge is -2.10. The zero-order chi connectivity index (χ0) is 15.0. The Kier molecular flexibility index (Phi) is 4.22. The summed E-state index contributed by atoms with van der Waals surface area (Å²) in [5.41, 5.74) is 5.21. The maximum atomic E-state index is 12.6. The van der Waals surface area contributed by atoms with Crippen LogP contribution < -0.4 is 0 Å². The zero-order valence-corrected chi connectivity index (χ0v) is 13.5. The molecule has 0 saturated heterocycles. The first-order chi connectivity index (χ1) is 9.31. The van der Waals surface area contributed by atoms with Gasteiger partial charge in [-0.1, -0.05) is 23.2 Å². The molecule has 0 heterocycles. The van der Waals surface area contributed by atoms with Crippen LogP contribution in [0.15, 0.2) is 24.3 Å².